The maximum atomic E-state index is 13.0. The van der Waals surface area contributed by atoms with Crippen molar-refractivity contribution in [2.75, 3.05) is 19.1 Å². The highest BCUT2D eigenvalue weighted by Crippen LogP contribution is 2.43. The van der Waals surface area contributed by atoms with Gasteiger partial charge in [0.05, 0.1) is 48.5 Å². The van der Waals surface area contributed by atoms with Gasteiger partial charge in [0.2, 0.25) is 0 Å². The standard InChI is InChI=1S/C24H18N4O6/c1-33-23(31)19-18(13-6-4-3-5-7-13)17(12-26)21(27)28(20(19)24(32)34-2)15-8-9-16(22(29)30)14(10-15)11-25/h3-10,18H,27H2,1-2H3,(H,29,30). The van der Waals surface area contributed by atoms with Gasteiger partial charge < -0.3 is 20.3 Å². The van der Waals surface area contributed by atoms with E-state index in [2.05, 4.69) is 0 Å². The Bertz CT molecular complexity index is 1330. The number of nitriles is 2. The number of esters is 2. The Morgan fingerprint density at radius 2 is 1.65 bits per heavy atom. The number of benzene rings is 2. The molecule has 1 unspecified atom stereocenters. The molecule has 0 spiro atoms. The molecule has 0 amide bonds. The number of carboxylic acids is 1. The van der Waals surface area contributed by atoms with Crippen molar-refractivity contribution in [2.24, 2.45) is 5.73 Å². The number of hydrogen-bond donors (Lipinski definition) is 2. The first-order valence-electron chi connectivity index (χ1n) is 9.73. The minimum atomic E-state index is -1.33. The second kappa shape index (κ2) is 9.59. The minimum absolute atomic E-state index is 0.0555. The fourth-order valence-electron chi connectivity index (χ4n) is 3.73. The van der Waals surface area contributed by atoms with E-state index in [1.807, 2.05) is 6.07 Å². The maximum absolute atomic E-state index is 13.0. The number of allylic oxidation sites excluding steroid dienone is 1. The molecule has 2 aromatic carbocycles. The van der Waals surface area contributed by atoms with E-state index in [-0.39, 0.29) is 39.5 Å². The van der Waals surface area contributed by atoms with Crippen LogP contribution in [0.3, 0.4) is 0 Å². The molecular weight excluding hydrogens is 440 g/mol. The van der Waals surface area contributed by atoms with Crippen LogP contribution in [-0.4, -0.2) is 37.2 Å². The highest BCUT2D eigenvalue weighted by atomic mass is 16.5. The van der Waals surface area contributed by atoms with Gasteiger partial charge in [-0.05, 0) is 23.8 Å². The molecule has 2 aromatic rings. The highest BCUT2D eigenvalue weighted by molar-refractivity contribution is 6.06. The van der Waals surface area contributed by atoms with E-state index in [0.29, 0.717) is 5.56 Å². The molecule has 10 nitrogen and oxygen atoms in total. The highest BCUT2D eigenvalue weighted by Gasteiger charge is 2.43. The summed E-state index contributed by atoms with van der Waals surface area (Å²) in [5.74, 6) is -4.43. The van der Waals surface area contributed by atoms with Gasteiger partial charge in [-0.15, -0.1) is 0 Å². The fraction of sp³-hybridized carbons (Fsp3) is 0.125. The van der Waals surface area contributed by atoms with Crippen molar-refractivity contribution < 1.29 is 29.0 Å². The lowest BCUT2D eigenvalue weighted by atomic mass is 9.81. The molecule has 1 atom stereocenters. The van der Waals surface area contributed by atoms with Gasteiger partial charge in [0, 0.05) is 5.69 Å². The number of carboxylic acid groups (broad SMARTS) is 1. The molecule has 1 aliphatic rings. The summed E-state index contributed by atoms with van der Waals surface area (Å²) in [5.41, 5.74) is 5.86. The lowest BCUT2D eigenvalue weighted by Gasteiger charge is -2.36. The van der Waals surface area contributed by atoms with E-state index in [1.54, 1.807) is 36.4 Å². The van der Waals surface area contributed by atoms with Crippen LogP contribution in [0.1, 0.15) is 27.4 Å². The fourth-order valence-corrected chi connectivity index (χ4v) is 3.73. The van der Waals surface area contributed by atoms with Crippen LogP contribution in [-0.2, 0) is 19.1 Å². The first kappa shape index (κ1) is 23.6. The van der Waals surface area contributed by atoms with Gasteiger partial charge in [-0.25, -0.2) is 14.4 Å². The Morgan fingerprint density at radius 3 is 2.18 bits per heavy atom. The van der Waals surface area contributed by atoms with Crippen LogP contribution in [0.5, 0.6) is 0 Å². The molecule has 0 saturated heterocycles. The lowest BCUT2D eigenvalue weighted by Crippen LogP contribution is -2.40. The average molecular weight is 458 g/mol. The van der Waals surface area contributed by atoms with Crippen LogP contribution in [0.4, 0.5) is 5.69 Å². The minimum Gasteiger partial charge on any atom is -0.478 e. The molecule has 0 aliphatic carbocycles. The summed E-state index contributed by atoms with van der Waals surface area (Å²) in [5, 5.41) is 28.8. The number of methoxy groups -OCH3 is 2. The van der Waals surface area contributed by atoms with E-state index in [9.17, 15) is 30.0 Å². The van der Waals surface area contributed by atoms with Crippen molar-refractivity contribution in [3.63, 3.8) is 0 Å². The Hall–Kier alpha value is -5.09. The number of hydrogen-bond acceptors (Lipinski definition) is 9. The van der Waals surface area contributed by atoms with Gasteiger partial charge in [-0.2, -0.15) is 10.5 Å². The number of carbonyl (C=O) groups excluding carboxylic acids is 2. The monoisotopic (exact) mass is 458 g/mol. The summed E-state index contributed by atoms with van der Waals surface area (Å²) < 4.78 is 9.86. The molecule has 0 radical (unpaired) electrons. The summed E-state index contributed by atoms with van der Waals surface area (Å²) in [7, 11) is 2.23. The Kier molecular flexibility index (Phi) is 6.65. The van der Waals surface area contributed by atoms with E-state index in [4.69, 9.17) is 15.2 Å². The maximum Gasteiger partial charge on any atom is 0.355 e. The lowest BCUT2D eigenvalue weighted by molar-refractivity contribution is -0.139. The zero-order chi connectivity index (χ0) is 25.0. The van der Waals surface area contributed by atoms with E-state index in [0.717, 1.165) is 25.2 Å². The summed E-state index contributed by atoms with van der Waals surface area (Å²) in [6.45, 7) is 0. The van der Waals surface area contributed by atoms with Crippen LogP contribution in [0.2, 0.25) is 0 Å². The third kappa shape index (κ3) is 3.92. The predicted molar refractivity (Wildman–Crippen MR) is 118 cm³/mol. The number of nitrogens with two attached hydrogens (primary N) is 1. The second-order valence-corrected chi connectivity index (χ2v) is 6.98. The molecule has 0 aromatic heterocycles. The molecule has 0 saturated carbocycles. The van der Waals surface area contributed by atoms with Gasteiger partial charge >= 0.3 is 17.9 Å². The van der Waals surface area contributed by atoms with Crippen molar-refractivity contribution in [1.29, 1.82) is 10.5 Å². The predicted octanol–water partition coefficient (Wildman–Crippen LogP) is 2.15. The van der Waals surface area contributed by atoms with Crippen LogP contribution in [0.25, 0.3) is 0 Å². The van der Waals surface area contributed by atoms with Crippen LogP contribution in [0, 0.1) is 22.7 Å². The zero-order valence-electron chi connectivity index (χ0n) is 18.1. The van der Waals surface area contributed by atoms with Crippen molar-refractivity contribution in [3.8, 4) is 12.1 Å². The molecule has 34 heavy (non-hydrogen) atoms. The Labute approximate surface area is 194 Å². The molecule has 0 bridgehead atoms. The second-order valence-electron chi connectivity index (χ2n) is 6.98. The first-order chi connectivity index (χ1) is 16.3. The number of ether oxygens (including phenoxy) is 2. The van der Waals surface area contributed by atoms with Gasteiger partial charge in [0.15, 0.2) is 0 Å². The van der Waals surface area contributed by atoms with Crippen molar-refractivity contribution in [2.45, 2.75) is 5.92 Å². The molecule has 3 rings (SSSR count). The van der Waals surface area contributed by atoms with E-state index < -0.39 is 23.8 Å². The quantitative estimate of drug-likeness (QED) is 0.634. The number of rotatable bonds is 5. The molecular formula is C24H18N4O6. The largest absolute Gasteiger partial charge is 0.478 e. The third-order valence-corrected chi connectivity index (χ3v) is 5.22. The van der Waals surface area contributed by atoms with Gasteiger partial charge in [0.1, 0.15) is 17.6 Å². The van der Waals surface area contributed by atoms with Crippen LogP contribution >= 0.6 is 0 Å². The SMILES string of the molecule is COC(=O)C1=C(C(=O)OC)N(c2ccc(C(=O)O)c(C#N)c2)C(N)=C(C#N)C1c1ccccc1. The third-order valence-electron chi connectivity index (χ3n) is 5.22. The van der Waals surface area contributed by atoms with Crippen LogP contribution in [0.15, 0.2) is 71.2 Å². The molecule has 0 fully saturated rings. The van der Waals surface area contributed by atoms with E-state index in [1.165, 1.54) is 12.1 Å². The number of aromatic carboxylic acids is 1. The van der Waals surface area contributed by atoms with Crippen molar-refractivity contribution >= 4 is 23.6 Å². The topological polar surface area (TPSA) is 167 Å². The summed E-state index contributed by atoms with van der Waals surface area (Å²) in [6, 6.07) is 15.9. The number of anilines is 1. The normalized spacial score (nSPS) is 15.3. The van der Waals surface area contributed by atoms with Crippen molar-refractivity contribution in [1.82, 2.24) is 0 Å². The average Bonchev–Trinajstić information content (AvgIpc) is 2.86. The zero-order valence-corrected chi connectivity index (χ0v) is 18.1. The Balaban J connectivity index is 2.42. The molecule has 1 heterocycles. The molecule has 10 heteroatoms. The smallest absolute Gasteiger partial charge is 0.355 e. The number of carbonyl (C=O) groups is 3. The van der Waals surface area contributed by atoms with E-state index >= 15 is 0 Å². The Morgan fingerprint density at radius 1 is 1.00 bits per heavy atom. The molecule has 3 N–H and O–H groups in total. The van der Waals surface area contributed by atoms with Gasteiger partial charge in [0.25, 0.3) is 0 Å². The summed E-state index contributed by atoms with van der Waals surface area (Å²) >= 11 is 0. The summed E-state index contributed by atoms with van der Waals surface area (Å²) in [6.07, 6.45) is 0. The summed E-state index contributed by atoms with van der Waals surface area (Å²) in [4.78, 5) is 38.5. The van der Waals surface area contributed by atoms with Gasteiger partial charge in [-0.1, -0.05) is 30.3 Å². The van der Waals surface area contributed by atoms with Gasteiger partial charge in [-0.3, -0.25) is 4.90 Å². The first-order valence-corrected chi connectivity index (χ1v) is 9.73. The molecule has 1 aliphatic heterocycles. The number of nitrogens with zero attached hydrogens (tertiary/aromatic N) is 3. The molecule has 170 valence electrons. The van der Waals surface area contributed by atoms with Crippen LogP contribution < -0.4 is 10.6 Å². The van der Waals surface area contributed by atoms with Crippen molar-refractivity contribution in [3.05, 3.63) is 87.9 Å².